The fourth-order valence-electron chi connectivity index (χ4n) is 6.22. The minimum absolute atomic E-state index is 0.0169. The van der Waals surface area contributed by atoms with Crippen LogP contribution in [0.1, 0.15) is 57.5 Å². The molecule has 7 nitrogen and oxygen atoms in total. The van der Waals surface area contributed by atoms with Gasteiger partial charge in [-0.2, -0.15) is 0 Å². The minimum atomic E-state index is -0.513. The van der Waals surface area contributed by atoms with Crippen LogP contribution in [-0.4, -0.2) is 59.6 Å². The molecular formula is C38H43N3O4. The number of aliphatic hydroxyl groups excluding tert-OH is 1. The van der Waals surface area contributed by atoms with Crippen LogP contribution in [0.3, 0.4) is 0 Å². The number of amides is 1. The van der Waals surface area contributed by atoms with E-state index in [2.05, 4.69) is 64.5 Å². The Hall–Kier alpha value is -3.85. The SMILES string of the molecule is C[C@@H]1[C@H](CN2CCN(Cc3ccccc3)CC2)O[C@H](c2ccc(CNC(=O)c3ccccc3)cc2)O[C@@H]1c1ccc(CO)cc1. The first-order valence-electron chi connectivity index (χ1n) is 16.0. The highest BCUT2D eigenvalue weighted by molar-refractivity contribution is 5.94. The number of benzene rings is 4. The van der Waals surface area contributed by atoms with E-state index in [4.69, 9.17) is 9.47 Å². The van der Waals surface area contributed by atoms with Crippen LogP contribution >= 0.6 is 0 Å². The van der Waals surface area contributed by atoms with Gasteiger partial charge in [0.25, 0.3) is 5.91 Å². The van der Waals surface area contributed by atoms with Crippen LogP contribution in [0.2, 0.25) is 0 Å². The van der Waals surface area contributed by atoms with Crippen molar-refractivity contribution in [3.05, 3.63) is 143 Å². The molecule has 4 aromatic rings. The second-order valence-electron chi connectivity index (χ2n) is 12.2. The Morgan fingerprint density at radius 2 is 1.33 bits per heavy atom. The summed E-state index contributed by atoms with van der Waals surface area (Å²) < 4.78 is 13.4. The molecule has 2 aliphatic heterocycles. The molecule has 2 heterocycles. The molecule has 0 aliphatic carbocycles. The largest absolute Gasteiger partial charge is 0.392 e. The van der Waals surface area contributed by atoms with E-state index >= 15 is 0 Å². The van der Waals surface area contributed by atoms with Crippen LogP contribution in [-0.2, 0) is 29.2 Å². The summed E-state index contributed by atoms with van der Waals surface area (Å²) in [6, 6.07) is 36.1. The van der Waals surface area contributed by atoms with Gasteiger partial charge in [0.1, 0.15) is 0 Å². The summed E-state index contributed by atoms with van der Waals surface area (Å²) in [5.74, 6) is 0.0439. The predicted molar refractivity (Wildman–Crippen MR) is 175 cm³/mol. The third kappa shape index (κ3) is 8.06. The smallest absolute Gasteiger partial charge is 0.251 e. The van der Waals surface area contributed by atoms with Gasteiger partial charge in [0.15, 0.2) is 6.29 Å². The van der Waals surface area contributed by atoms with E-state index in [0.717, 1.165) is 61.5 Å². The maximum atomic E-state index is 12.5. The molecule has 1 amide bonds. The molecule has 0 radical (unpaired) electrons. The zero-order valence-electron chi connectivity index (χ0n) is 25.9. The highest BCUT2D eigenvalue weighted by atomic mass is 16.7. The molecule has 45 heavy (non-hydrogen) atoms. The van der Waals surface area contributed by atoms with Gasteiger partial charge in [0.05, 0.1) is 18.8 Å². The Kier molecular flexibility index (Phi) is 10.4. The first kappa shape index (κ1) is 31.1. The number of nitrogens with zero attached hydrogens (tertiary/aromatic N) is 2. The normalized spacial score (nSPS) is 22.6. The number of carbonyl (C=O) groups is 1. The Morgan fingerprint density at radius 3 is 2.00 bits per heavy atom. The number of nitrogens with one attached hydrogen (secondary N) is 1. The van der Waals surface area contributed by atoms with Crippen molar-refractivity contribution < 1.29 is 19.4 Å². The molecule has 2 fully saturated rings. The van der Waals surface area contributed by atoms with E-state index in [-0.39, 0.29) is 30.6 Å². The number of hydrogen-bond acceptors (Lipinski definition) is 6. The summed E-state index contributed by atoms with van der Waals surface area (Å²) in [5, 5.41) is 12.6. The van der Waals surface area contributed by atoms with E-state index in [1.165, 1.54) is 5.56 Å². The van der Waals surface area contributed by atoms with Crippen LogP contribution in [0.25, 0.3) is 0 Å². The molecule has 2 saturated heterocycles. The topological polar surface area (TPSA) is 74.3 Å². The fraction of sp³-hybridized carbons (Fsp3) is 0.342. The van der Waals surface area contributed by atoms with Crippen molar-refractivity contribution in [1.82, 2.24) is 15.1 Å². The Balaban J connectivity index is 1.12. The molecule has 0 spiro atoms. The number of piperazine rings is 1. The van der Waals surface area contributed by atoms with Crippen molar-refractivity contribution in [2.24, 2.45) is 5.92 Å². The van der Waals surface area contributed by atoms with E-state index < -0.39 is 6.29 Å². The summed E-state index contributed by atoms with van der Waals surface area (Å²) in [4.78, 5) is 17.6. The lowest BCUT2D eigenvalue weighted by molar-refractivity contribution is -0.276. The van der Waals surface area contributed by atoms with Gasteiger partial charge >= 0.3 is 0 Å². The Morgan fingerprint density at radius 1 is 0.733 bits per heavy atom. The molecule has 0 aromatic heterocycles. The van der Waals surface area contributed by atoms with Crippen LogP contribution < -0.4 is 5.32 Å². The molecule has 6 rings (SSSR count). The summed E-state index contributed by atoms with van der Waals surface area (Å²) in [6.07, 6.45) is -0.677. The zero-order chi connectivity index (χ0) is 31.0. The average Bonchev–Trinajstić information content (AvgIpc) is 3.10. The van der Waals surface area contributed by atoms with Crippen molar-refractivity contribution in [3.8, 4) is 0 Å². The van der Waals surface area contributed by atoms with Gasteiger partial charge in [-0.05, 0) is 34.4 Å². The molecular weight excluding hydrogens is 562 g/mol. The van der Waals surface area contributed by atoms with Crippen LogP contribution in [0.5, 0.6) is 0 Å². The van der Waals surface area contributed by atoms with Gasteiger partial charge in [-0.15, -0.1) is 0 Å². The number of carbonyl (C=O) groups excluding carboxylic acids is 1. The minimum Gasteiger partial charge on any atom is -0.392 e. The quantitative estimate of drug-likeness (QED) is 0.241. The molecule has 2 N–H and O–H groups in total. The monoisotopic (exact) mass is 605 g/mol. The first-order chi connectivity index (χ1) is 22.1. The Labute approximate surface area is 266 Å². The van der Waals surface area contributed by atoms with Crippen LogP contribution in [0.15, 0.2) is 109 Å². The van der Waals surface area contributed by atoms with Crippen molar-refractivity contribution in [2.75, 3.05) is 32.7 Å². The zero-order valence-corrected chi connectivity index (χ0v) is 25.9. The number of hydrogen-bond donors (Lipinski definition) is 2. The standard InChI is InChI=1S/C38H43N3O4/c1-28-35(26-41-22-20-40(21-23-41)25-30-8-4-2-5-9-30)44-38(45-36(28)32-16-14-31(27-42)15-17-32)34-18-12-29(13-19-34)24-39-37(43)33-10-6-3-7-11-33/h2-19,28,35-36,38,42H,20-27H2,1H3,(H,39,43)/t28-,35+,36+,38+/m1/s1. The maximum absolute atomic E-state index is 12.5. The first-order valence-corrected chi connectivity index (χ1v) is 16.0. The lowest BCUT2D eigenvalue weighted by Crippen LogP contribution is -2.51. The molecule has 7 heteroatoms. The molecule has 2 aliphatic rings. The lowest BCUT2D eigenvalue weighted by atomic mass is 9.90. The average molecular weight is 606 g/mol. The Bertz CT molecular complexity index is 1490. The maximum Gasteiger partial charge on any atom is 0.251 e. The molecule has 0 bridgehead atoms. The van der Waals surface area contributed by atoms with Gasteiger partial charge in [-0.3, -0.25) is 14.6 Å². The summed E-state index contributed by atoms with van der Waals surface area (Å²) >= 11 is 0. The fourth-order valence-corrected chi connectivity index (χ4v) is 6.22. The second kappa shape index (κ2) is 15.0. The van der Waals surface area contributed by atoms with E-state index in [9.17, 15) is 9.90 Å². The van der Waals surface area contributed by atoms with Crippen molar-refractivity contribution in [1.29, 1.82) is 0 Å². The van der Waals surface area contributed by atoms with E-state index in [1.807, 2.05) is 66.7 Å². The highest BCUT2D eigenvalue weighted by Gasteiger charge is 2.39. The molecule has 0 saturated carbocycles. The van der Waals surface area contributed by atoms with Gasteiger partial charge < -0.3 is 19.9 Å². The molecule has 234 valence electrons. The van der Waals surface area contributed by atoms with Crippen molar-refractivity contribution in [3.63, 3.8) is 0 Å². The van der Waals surface area contributed by atoms with E-state index in [0.29, 0.717) is 12.1 Å². The van der Waals surface area contributed by atoms with Crippen LogP contribution in [0.4, 0.5) is 0 Å². The molecule has 4 atom stereocenters. The number of aliphatic hydroxyl groups is 1. The van der Waals surface area contributed by atoms with Crippen molar-refractivity contribution >= 4 is 5.91 Å². The van der Waals surface area contributed by atoms with E-state index in [1.54, 1.807) is 0 Å². The molecule has 4 aromatic carbocycles. The summed E-state index contributed by atoms with van der Waals surface area (Å²) in [5.41, 5.74) is 5.94. The highest BCUT2D eigenvalue weighted by Crippen LogP contribution is 2.42. The number of rotatable bonds is 10. The summed E-state index contributed by atoms with van der Waals surface area (Å²) in [6.45, 7) is 8.58. The summed E-state index contributed by atoms with van der Waals surface area (Å²) in [7, 11) is 0. The molecule has 0 unspecified atom stereocenters. The third-order valence-corrected chi connectivity index (χ3v) is 9.02. The predicted octanol–water partition coefficient (Wildman–Crippen LogP) is 5.72. The van der Waals surface area contributed by atoms with Gasteiger partial charge in [0, 0.05) is 62.9 Å². The third-order valence-electron chi connectivity index (χ3n) is 9.02. The lowest BCUT2D eigenvalue weighted by Gasteiger charge is -2.44. The van der Waals surface area contributed by atoms with Crippen LogP contribution in [0, 0.1) is 5.92 Å². The van der Waals surface area contributed by atoms with Gasteiger partial charge in [-0.1, -0.05) is 104 Å². The van der Waals surface area contributed by atoms with Gasteiger partial charge in [0.2, 0.25) is 0 Å². The second-order valence-corrected chi connectivity index (χ2v) is 12.2. The number of ether oxygens (including phenoxy) is 2. The van der Waals surface area contributed by atoms with Gasteiger partial charge in [-0.25, -0.2) is 0 Å². The van der Waals surface area contributed by atoms with Crippen molar-refractivity contribution in [2.45, 2.75) is 45.1 Å².